The van der Waals surface area contributed by atoms with Crippen molar-refractivity contribution >= 4 is 12.1 Å². The number of alkyl carbamates (subject to hydrolysis) is 1. The van der Waals surface area contributed by atoms with Gasteiger partial charge in [0.1, 0.15) is 0 Å². The number of amides is 1. The monoisotopic (exact) mass is 159 g/mol. The maximum absolute atomic E-state index is 10.6. The highest BCUT2D eigenvalue weighted by Crippen LogP contribution is 1.77. The molecule has 0 aliphatic rings. The lowest BCUT2D eigenvalue weighted by Gasteiger charge is -2.01. The van der Waals surface area contributed by atoms with Gasteiger partial charge in [-0.05, 0) is 13.8 Å². The van der Waals surface area contributed by atoms with Gasteiger partial charge >= 0.3 is 6.09 Å². The predicted molar refractivity (Wildman–Crippen MR) is 42.3 cm³/mol. The summed E-state index contributed by atoms with van der Waals surface area (Å²) in [5.74, 6) is 0. The lowest BCUT2D eigenvalue weighted by atomic mass is 10.7. The second kappa shape index (κ2) is 5.52. The van der Waals surface area contributed by atoms with Crippen molar-refractivity contribution in [2.24, 2.45) is 10.7 Å². The Balaban J connectivity index is 3.66. The van der Waals surface area contributed by atoms with Crippen LogP contribution in [-0.4, -0.2) is 25.2 Å². The zero-order valence-corrected chi connectivity index (χ0v) is 6.76. The van der Waals surface area contributed by atoms with Crippen LogP contribution < -0.4 is 11.1 Å². The van der Waals surface area contributed by atoms with Crippen molar-refractivity contribution in [1.29, 1.82) is 0 Å². The summed E-state index contributed by atoms with van der Waals surface area (Å²) in [5, 5.41) is 2.41. The second-order valence-corrected chi connectivity index (χ2v) is 1.73. The Hall–Kier alpha value is -1.26. The van der Waals surface area contributed by atoms with Gasteiger partial charge in [-0.3, -0.25) is 0 Å². The first-order chi connectivity index (χ1) is 5.20. The molecule has 0 aliphatic heterocycles. The van der Waals surface area contributed by atoms with Crippen LogP contribution in [0.5, 0.6) is 0 Å². The Labute approximate surface area is 65.6 Å². The molecule has 1 amide bonds. The van der Waals surface area contributed by atoms with Gasteiger partial charge in [-0.25, -0.2) is 9.79 Å². The summed E-state index contributed by atoms with van der Waals surface area (Å²) in [6, 6.07) is -0.0987. The van der Waals surface area contributed by atoms with Gasteiger partial charge < -0.3 is 15.8 Å². The minimum absolute atomic E-state index is 0.0987. The molecule has 0 fully saturated rings. The SMILES string of the molecule is CCN=C(N)OC(=O)NCC. The Bertz CT molecular complexity index is 156. The van der Waals surface area contributed by atoms with E-state index in [-0.39, 0.29) is 6.02 Å². The number of ether oxygens (including phenoxy) is 1. The molecular formula is C6H13N3O2. The van der Waals surface area contributed by atoms with Crippen LogP contribution in [0.2, 0.25) is 0 Å². The summed E-state index contributed by atoms with van der Waals surface area (Å²) in [6.07, 6.45) is -0.567. The Morgan fingerprint density at radius 2 is 2.27 bits per heavy atom. The van der Waals surface area contributed by atoms with Crippen molar-refractivity contribution in [1.82, 2.24) is 5.32 Å². The molecule has 11 heavy (non-hydrogen) atoms. The highest BCUT2D eigenvalue weighted by molar-refractivity contribution is 5.85. The molecule has 0 rings (SSSR count). The quantitative estimate of drug-likeness (QED) is 0.442. The van der Waals surface area contributed by atoms with E-state index in [1.807, 2.05) is 0 Å². The number of amidine groups is 1. The van der Waals surface area contributed by atoms with Crippen LogP contribution in [0.1, 0.15) is 13.8 Å². The van der Waals surface area contributed by atoms with Crippen LogP contribution in [0.25, 0.3) is 0 Å². The Kier molecular flexibility index (Phi) is 4.89. The fourth-order valence-electron chi connectivity index (χ4n) is 0.464. The fourth-order valence-corrected chi connectivity index (χ4v) is 0.464. The van der Waals surface area contributed by atoms with Gasteiger partial charge in [0.2, 0.25) is 0 Å². The van der Waals surface area contributed by atoms with E-state index in [4.69, 9.17) is 5.73 Å². The van der Waals surface area contributed by atoms with Gasteiger partial charge in [0, 0.05) is 13.1 Å². The van der Waals surface area contributed by atoms with Crippen molar-refractivity contribution in [3.8, 4) is 0 Å². The molecule has 0 bridgehead atoms. The van der Waals surface area contributed by atoms with Gasteiger partial charge in [-0.2, -0.15) is 0 Å². The summed E-state index contributed by atoms with van der Waals surface area (Å²) in [5.41, 5.74) is 5.18. The maximum atomic E-state index is 10.6. The highest BCUT2D eigenvalue weighted by atomic mass is 16.6. The second-order valence-electron chi connectivity index (χ2n) is 1.73. The third-order valence-corrected chi connectivity index (χ3v) is 0.832. The van der Waals surface area contributed by atoms with Crippen LogP contribution in [0.4, 0.5) is 4.79 Å². The van der Waals surface area contributed by atoms with Crippen LogP contribution in [0.15, 0.2) is 4.99 Å². The topological polar surface area (TPSA) is 76.7 Å². The van der Waals surface area contributed by atoms with E-state index in [1.54, 1.807) is 13.8 Å². The molecule has 5 heteroatoms. The maximum Gasteiger partial charge on any atom is 0.414 e. The number of hydrogen-bond donors (Lipinski definition) is 2. The lowest BCUT2D eigenvalue weighted by Crippen LogP contribution is -2.30. The molecule has 3 N–H and O–H groups in total. The van der Waals surface area contributed by atoms with Crippen LogP contribution in [0, 0.1) is 0 Å². The van der Waals surface area contributed by atoms with E-state index in [1.165, 1.54) is 0 Å². The normalized spacial score (nSPS) is 10.9. The van der Waals surface area contributed by atoms with Gasteiger partial charge in [0.15, 0.2) is 0 Å². The number of aliphatic imine (C=N–C) groups is 1. The Morgan fingerprint density at radius 3 is 2.73 bits per heavy atom. The summed E-state index contributed by atoms with van der Waals surface area (Å²) in [6.45, 7) is 4.60. The molecular weight excluding hydrogens is 146 g/mol. The lowest BCUT2D eigenvalue weighted by molar-refractivity contribution is 0.197. The molecule has 0 unspecified atom stereocenters. The first-order valence-corrected chi connectivity index (χ1v) is 3.46. The van der Waals surface area contributed by atoms with Crippen molar-refractivity contribution in [3.63, 3.8) is 0 Å². The van der Waals surface area contributed by atoms with Crippen LogP contribution >= 0.6 is 0 Å². The Morgan fingerprint density at radius 1 is 1.64 bits per heavy atom. The van der Waals surface area contributed by atoms with E-state index in [0.717, 1.165) is 0 Å². The summed E-state index contributed by atoms with van der Waals surface area (Å²) >= 11 is 0. The van der Waals surface area contributed by atoms with Crippen LogP contribution in [-0.2, 0) is 4.74 Å². The number of nitrogens with zero attached hydrogens (tertiary/aromatic N) is 1. The predicted octanol–water partition coefficient (Wildman–Crippen LogP) is 0.0671. The number of carbonyl (C=O) groups is 1. The highest BCUT2D eigenvalue weighted by Gasteiger charge is 2.00. The molecule has 0 spiro atoms. The first kappa shape index (κ1) is 9.74. The van der Waals surface area contributed by atoms with E-state index >= 15 is 0 Å². The van der Waals surface area contributed by atoms with Crippen molar-refractivity contribution in [2.75, 3.05) is 13.1 Å². The van der Waals surface area contributed by atoms with E-state index in [0.29, 0.717) is 13.1 Å². The van der Waals surface area contributed by atoms with Gasteiger partial charge in [-0.1, -0.05) is 0 Å². The summed E-state index contributed by atoms with van der Waals surface area (Å²) in [4.78, 5) is 14.3. The number of carbonyl (C=O) groups excluding carboxylic acids is 1. The molecule has 0 aromatic rings. The number of nitrogens with one attached hydrogen (secondary N) is 1. The molecule has 0 aliphatic carbocycles. The summed E-state index contributed by atoms with van der Waals surface area (Å²) < 4.78 is 4.51. The van der Waals surface area contributed by atoms with E-state index in [2.05, 4.69) is 15.0 Å². The average molecular weight is 159 g/mol. The fraction of sp³-hybridized carbons (Fsp3) is 0.667. The smallest absolute Gasteiger partial charge is 0.376 e. The molecule has 0 saturated carbocycles. The van der Waals surface area contributed by atoms with E-state index in [9.17, 15) is 4.79 Å². The molecule has 0 heterocycles. The summed E-state index contributed by atoms with van der Waals surface area (Å²) in [7, 11) is 0. The molecule has 0 aromatic heterocycles. The molecule has 0 atom stereocenters. The van der Waals surface area contributed by atoms with E-state index < -0.39 is 6.09 Å². The van der Waals surface area contributed by atoms with Crippen molar-refractivity contribution in [2.45, 2.75) is 13.8 Å². The number of hydrogen-bond acceptors (Lipinski definition) is 3. The molecule has 5 nitrogen and oxygen atoms in total. The van der Waals surface area contributed by atoms with Gasteiger partial charge in [-0.15, -0.1) is 0 Å². The van der Waals surface area contributed by atoms with Gasteiger partial charge in [0.25, 0.3) is 6.02 Å². The third kappa shape index (κ3) is 5.20. The zero-order valence-electron chi connectivity index (χ0n) is 6.76. The molecule has 0 radical (unpaired) electrons. The minimum Gasteiger partial charge on any atom is -0.376 e. The standard InChI is InChI=1S/C6H13N3O2/c1-3-8-5(7)11-6(10)9-4-2/h3-4H2,1-2H3,(H2,7,8)(H,9,10). The zero-order chi connectivity index (χ0) is 8.69. The molecule has 0 saturated heterocycles. The molecule has 0 aromatic carbocycles. The number of nitrogens with two attached hydrogens (primary N) is 1. The van der Waals surface area contributed by atoms with Crippen molar-refractivity contribution < 1.29 is 9.53 Å². The third-order valence-electron chi connectivity index (χ3n) is 0.832. The van der Waals surface area contributed by atoms with Crippen molar-refractivity contribution in [3.05, 3.63) is 0 Å². The average Bonchev–Trinajstić information content (AvgIpc) is 1.87. The first-order valence-electron chi connectivity index (χ1n) is 3.46. The molecule has 64 valence electrons. The largest absolute Gasteiger partial charge is 0.414 e. The van der Waals surface area contributed by atoms with Gasteiger partial charge in [0.05, 0.1) is 0 Å². The van der Waals surface area contributed by atoms with Crippen LogP contribution in [0.3, 0.4) is 0 Å². The number of rotatable bonds is 2. The minimum atomic E-state index is -0.567.